The molecule has 0 radical (unpaired) electrons. The molecule has 0 aliphatic carbocycles. The summed E-state index contributed by atoms with van der Waals surface area (Å²) in [5.74, 6) is 1.73. The fraction of sp³-hybridized carbons (Fsp3) is 0.632. The van der Waals surface area contributed by atoms with Gasteiger partial charge in [-0.15, -0.1) is 0 Å². The van der Waals surface area contributed by atoms with E-state index in [0.29, 0.717) is 6.54 Å². The number of rotatable bonds is 11. The maximum atomic E-state index is 5.45. The zero-order valence-electron chi connectivity index (χ0n) is 16.4. The van der Waals surface area contributed by atoms with Crippen LogP contribution in [0.3, 0.4) is 0 Å². The van der Waals surface area contributed by atoms with Gasteiger partial charge in [0.05, 0.1) is 20.3 Å². The van der Waals surface area contributed by atoms with Crippen LogP contribution in [0.15, 0.2) is 23.2 Å². The summed E-state index contributed by atoms with van der Waals surface area (Å²) in [4.78, 5) is 6.94. The largest absolute Gasteiger partial charge is 0.496 e. The molecular weight excluding hydrogens is 316 g/mol. The molecule has 0 aliphatic rings. The molecule has 1 rings (SSSR count). The van der Waals surface area contributed by atoms with E-state index in [0.717, 1.165) is 56.5 Å². The van der Waals surface area contributed by atoms with Crippen molar-refractivity contribution in [3.05, 3.63) is 29.3 Å². The molecule has 6 heteroatoms. The first-order valence-corrected chi connectivity index (χ1v) is 8.93. The number of aliphatic imine (C=N–C) groups is 1. The molecule has 6 nitrogen and oxygen atoms in total. The van der Waals surface area contributed by atoms with Crippen molar-refractivity contribution in [2.24, 2.45) is 4.99 Å². The smallest absolute Gasteiger partial charge is 0.191 e. The molecule has 0 fully saturated rings. The molecule has 0 atom stereocenters. The van der Waals surface area contributed by atoms with E-state index in [4.69, 9.17) is 9.47 Å². The number of guanidine groups is 1. The molecule has 0 spiro atoms. The summed E-state index contributed by atoms with van der Waals surface area (Å²) in [5, 5.41) is 6.68. The van der Waals surface area contributed by atoms with Gasteiger partial charge in [-0.1, -0.05) is 12.1 Å². The fourth-order valence-electron chi connectivity index (χ4n) is 2.40. The van der Waals surface area contributed by atoms with Crippen molar-refractivity contribution in [1.29, 1.82) is 0 Å². The highest BCUT2D eigenvalue weighted by atomic mass is 16.5. The van der Waals surface area contributed by atoms with Crippen molar-refractivity contribution in [3.63, 3.8) is 0 Å². The van der Waals surface area contributed by atoms with Gasteiger partial charge in [0.25, 0.3) is 0 Å². The van der Waals surface area contributed by atoms with E-state index >= 15 is 0 Å². The van der Waals surface area contributed by atoms with Crippen molar-refractivity contribution >= 4 is 5.96 Å². The minimum absolute atomic E-state index is 0.590. The van der Waals surface area contributed by atoms with Crippen LogP contribution in [0.25, 0.3) is 0 Å². The van der Waals surface area contributed by atoms with E-state index in [9.17, 15) is 0 Å². The molecule has 1 aromatic rings. The molecule has 0 bridgehead atoms. The highest BCUT2D eigenvalue weighted by Gasteiger charge is 2.04. The van der Waals surface area contributed by atoms with E-state index in [1.54, 1.807) is 14.2 Å². The molecule has 142 valence electrons. The number of hydrogen-bond acceptors (Lipinski definition) is 4. The van der Waals surface area contributed by atoms with Crippen LogP contribution in [0.1, 0.15) is 24.5 Å². The molecule has 0 aliphatic heterocycles. The Morgan fingerprint density at radius 3 is 2.68 bits per heavy atom. The first-order valence-electron chi connectivity index (χ1n) is 8.93. The Morgan fingerprint density at radius 2 is 2.00 bits per heavy atom. The monoisotopic (exact) mass is 350 g/mol. The van der Waals surface area contributed by atoms with Crippen LogP contribution in [0, 0.1) is 6.92 Å². The number of nitrogens with one attached hydrogen (secondary N) is 2. The first kappa shape index (κ1) is 21.3. The summed E-state index contributed by atoms with van der Waals surface area (Å²) in [6.45, 7) is 9.20. The van der Waals surface area contributed by atoms with Gasteiger partial charge >= 0.3 is 0 Å². The highest BCUT2D eigenvalue weighted by Crippen LogP contribution is 2.20. The fourth-order valence-corrected chi connectivity index (χ4v) is 2.40. The predicted octanol–water partition coefficient (Wildman–Crippen LogP) is 2.03. The van der Waals surface area contributed by atoms with Gasteiger partial charge in [-0.3, -0.25) is 0 Å². The molecule has 0 saturated heterocycles. The second-order valence-electron chi connectivity index (χ2n) is 6.09. The Morgan fingerprint density at radius 1 is 1.20 bits per heavy atom. The van der Waals surface area contributed by atoms with Gasteiger partial charge < -0.3 is 25.0 Å². The number of methoxy groups -OCH3 is 2. The highest BCUT2D eigenvalue weighted by molar-refractivity contribution is 5.79. The van der Waals surface area contributed by atoms with Crippen LogP contribution in [-0.2, 0) is 11.3 Å². The van der Waals surface area contributed by atoms with Gasteiger partial charge in [-0.2, -0.15) is 0 Å². The van der Waals surface area contributed by atoms with Gasteiger partial charge in [0.15, 0.2) is 5.96 Å². The summed E-state index contributed by atoms with van der Waals surface area (Å²) in [7, 11) is 5.55. The molecule has 0 aromatic heterocycles. The number of nitrogens with zero attached hydrogens (tertiary/aromatic N) is 2. The molecular formula is C19H34N4O2. The molecule has 2 N–H and O–H groups in total. The zero-order valence-corrected chi connectivity index (χ0v) is 16.4. The van der Waals surface area contributed by atoms with Crippen LogP contribution in [-0.4, -0.2) is 64.9 Å². The molecule has 0 unspecified atom stereocenters. The summed E-state index contributed by atoms with van der Waals surface area (Å²) in [6, 6.07) is 6.20. The molecule has 0 amide bonds. The number of ether oxygens (including phenoxy) is 2. The van der Waals surface area contributed by atoms with Crippen LogP contribution < -0.4 is 15.4 Å². The SMILES string of the molecule is CCNC(=NCc1ccc(C)cc1OC)NCCCN(C)CCOC. The Bertz CT molecular complexity index is 520. The minimum Gasteiger partial charge on any atom is -0.496 e. The third-order valence-electron chi connectivity index (χ3n) is 3.88. The van der Waals surface area contributed by atoms with E-state index in [1.165, 1.54) is 5.56 Å². The van der Waals surface area contributed by atoms with Crippen LogP contribution in [0.4, 0.5) is 0 Å². The lowest BCUT2D eigenvalue weighted by Crippen LogP contribution is -2.38. The molecule has 0 heterocycles. The lowest BCUT2D eigenvalue weighted by molar-refractivity contribution is 0.161. The van der Waals surface area contributed by atoms with Crippen molar-refractivity contribution in [3.8, 4) is 5.75 Å². The van der Waals surface area contributed by atoms with Crippen LogP contribution in [0.2, 0.25) is 0 Å². The number of benzene rings is 1. The Balaban J connectivity index is 2.49. The van der Waals surface area contributed by atoms with E-state index in [2.05, 4.69) is 53.6 Å². The molecule has 0 saturated carbocycles. The van der Waals surface area contributed by atoms with Crippen molar-refractivity contribution in [2.75, 3.05) is 54.1 Å². The van der Waals surface area contributed by atoms with Gasteiger partial charge in [-0.25, -0.2) is 4.99 Å². The second kappa shape index (κ2) is 12.6. The molecule has 25 heavy (non-hydrogen) atoms. The average molecular weight is 351 g/mol. The standard InChI is InChI=1S/C19H34N4O2/c1-6-20-19(21-10-7-11-23(3)12-13-24-4)22-15-17-9-8-16(2)14-18(17)25-5/h8-9,14H,6-7,10-13,15H2,1-5H3,(H2,20,21,22). The molecule has 1 aromatic carbocycles. The Labute approximate surface area is 152 Å². The van der Waals surface area contributed by atoms with Crippen LogP contribution in [0.5, 0.6) is 5.75 Å². The zero-order chi connectivity index (χ0) is 18.5. The lowest BCUT2D eigenvalue weighted by atomic mass is 10.1. The Kier molecular flexibility index (Phi) is 10.7. The van der Waals surface area contributed by atoms with Crippen molar-refractivity contribution in [2.45, 2.75) is 26.8 Å². The summed E-state index contributed by atoms with van der Waals surface area (Å²) < 4.78 is 10.5. The summed E-state index contributed by atoms with van der Waals surface area (Å²) in [6.07, 6.45) is 1.05. The number of likely N-dealkylation sites (N-methyl/N-ethyl adjacent to an activating group) is 1. The van der Waals surface area contributed by atoms with Crippen molar-refractivity contribution in [1.82, 2.24) is 15.5 Å². The van der Waals surface area contributed by atoms with Gasteiger partial charge in [-0.05, 0) is 45.5 Å². The van der Waals surface area contributed by atoms with Crippen molar-refractivity contribution < 1.29 is 9.47 Å². The predicted molar refractivity (Wildman–Crippen MR) is 105 cm³/mol. The lowest BCUT2D eigenvalue weighted by Gasteiger charge is -2.17. The maximum Gasteiger partial charge on any atom is 0.191 e. The number of hydrogen-bond donors (Lipinski definition) is 2. The van der Waals surface area contributed by atoms with E-state index in [1.807, 2.05) is 6.07 Å². The summed E-state index contributed by atoms with van der Waals surface area (Å²) >= 11 is 0. The Hall–Kier alpha value is -1.79. The number of aryl methyl sites for hydroxylation is 1. The van der Waals surface area contributed by atoms with E-state index < -0.39 is 0 Å². The first-order chi connectivity index (χ1) is 12.1. The topological polar surface area (TPSA) is 58.1 Å². The third-order valence-corrected chi connectivity index (χ3v) is 3.88. The van der Waals surface area contributed by atoms with Gasteiger partial charge in [0.2, 0.25) is 0 Å². The quantitative estimate of drug-likeness (QED) is 0.363. The second-order valence-corrected chi connectivity index (χ2v) is 6.09. The third kappa shape index (κ3) is 8.74. The minimum atomic E-state index is 0.590. The summed E-state index contributed by atoms with van der Waals surface area (Å²) in [5.41, 5.74) is 2.27. The maximum absolute atomic E-state index is 5.45. The average Bonchev–Trinajstić information content (AvgIpc) is 2.61. The van der Waals surface area contributed by atoms with Crippen LogP contribution >= 0.6 is 0 Å². The van der Waals surface area contributed by atoms with Gasteiger partial charge in [0.1, 0.15) is 5.75 Å². The normalized spacial score (nSPS) is 11.7. The van der Waals surface area contributed by atoms with Gasteiger partial charge in [0, 0.05) is 32.3 Å². The van der Waals surface area contributed by atoms with E-state index in [-0.39, 0.29) is 0 Å².